The molecule has 44 heavy (non-hydrogen) atoms. The van der Waals surface area contributed by atoms with E-state index in [9.17, 15) is 19.8 Å². The maximum absolute atomic E-state index is 14.1. The van der Waals surface area contributed by atoms with Crippen molar-refractivity contribution in [3.63, 3.8) is 0 Å². The number of ether oxygens (including phenoxy) is 2. The average Bonchev–Trinajstić information content (AvgIpc) is 3.49. The summed E-state index contributed by atoms with van der Waals surface area (Å²) >= 11 is 0. The van der Waals surface area contributed by atoms with Gasteiger partial charge >= 0.3 is 0 Å². The minimum absolute atomic E-state index is 0.106. The Balaban J connectivity index is 1.26. The molecule has 1 saturated heterocycles. The number of aromatic nitrogens is 1. The number of hydrogen-bond donors (Lipinski definition) is 3. The summed E-state index contributed by atoms with van der Waals surface area (Å²) in [6, 6.07) is 4.10. The Morgan fingerprint density at radius 1 is 0.955 bits per heavy atom. The number of hydrogen-bond acceptors (Lipinski definition) is 6. The van der Waals surface area contributed by atoms with Crippen LogP contribution < -0.4 is 0 Å². The van der Waals surface area contributed by atoms with Gasteiger partial charge in [0.1, 0.15) is 6.10 Å². The Labute approximate surface area is 259 Å². The van der Waals surface area contributed by atoms with E-state index in [0.717, 1.165) is 42.3 Å². The van der Waals surface area contributed by atoms with Gasteiger partial charge in [-0.1, -0.05) is 13.8 Å². The summed E-state index contributed by atoms with van der Waals surface area (Å²) in [6.07, 6.45) is 4.80. The normalized spacial score (nSPS) is 41.8. The second-order valence-electron chi connectivity index (χ2n) is 17.0. The van der Waals surface area contributed by atoms with Crippen LogP contribution in [0.5, 0.6) is 0 Å². The predicted octanol–water partition coefficient (Wildman–Crippen LogP) is 5.52. The van der Waals surface area contributed by atoms with E-state index in [2.05, 4.69) is 52.6 Å². The van der Waals surface area contributed by atoms with Gasteiger partial charge < -0.3 is 24.7 Å². The Hall–Kier alpha value is -2.32. The molecule has 3 N–H and O–H groups in total. The molecule has 7 heteroatoms. The van der Waals surface area contributed by atoms with Crippen molar-refractivity contribution in [2.45, 2.75) is 134 Å². The molecule has 2 aromatic rings. The lowest BCUT2D eigenvalue weighted by Gasteiger charge is -2.64. The molecule has 0 amide bonds. The third kappa shape index (κ3) is 3.27. The van der Waals surface area contributed by atoms with Crippen LogP contribution >= 0.6 is 0 Å². The summed E-state index contributed by atoms with van der Waals surface area (Å²) in [6.45, 7) is 16.1. The number of aliphatic hydroxyl groups is 2. The van der Waals surface area contributed by atoms with Gasteiger partial charge in [0.15, 0.2) is 11.6 Å². The number of benzene rings is 1. The molecule has 1 aromatic carbocycles. The van der Waals surface area contributed by atoms with Gasteiger partial charge in [-0.3, -0.25) is 9.59 Å². The molecule has 3 fully saturated rings. The quantitative estimate of drug-likeness (QED) is 0.398. The summed E-state index contributed by atoms with van der Waals surface area (Å²) in [5, 5.41) is 24.6. The first-order valence-corrected chi connectivity index (χ1v) is 16.6. The van der Waals surface area contributed by atoms with Crippen LogP contribution in [0.25, 0.3) is 10.9 Å². The number of ketones is 2. The SMILES string of the molecule is CC(C)(O)C1OC2CC[C@@]3(C)[C@@](O)(CC[C@H]4Cc5c([nH]c6ccc7c(c56)C[C@@H]5C(C7=O)C(C)(C)OC5(C)C)[C@@]43C)C2=CC1=O. The number of Topliss-reactive ketones (excluding diaryl/α,β-unsaturated/α-hetero) is 1. The van der Waals surface area contributed by atoms with Crippen LogP contribution in [-0.4, -0.2) is 61.4 Å². The minimum Gasteiger partial charge on any atom is -0.387 e. The number of fused-ring (bicyclic) bond motifs is 12. The van der Waals surface area contributed by atoms with E-state index in [4.69, 9.17) is 9.47 Å². The Morgan fingerprint density at radius 2 is 1.68 bits per heavy atom. The van der Waals surface area contributed by atoms with Gasteiger partial charge in [0.2, 0.25) is 0 Å². The summed E-state index contributed by atoms with van der Waals surface area (Å²) in [4.78, 5) is 31.2. The zero-order valence-corrected chi connectivity index (χ0v) is 27.4. The minimum atomic E-state index is -1.30. The van der Waals surface area contributed by atoms with E-state index < -0.39 is 40.0 Å². The number of rotatable bonds is 1. The van der Waals surface area contributed by atoms with E-state index >= 15 is 0 Å². The molecular weight excluding hydrogens is 554 g/mol. The molecule has 0 bridgehead atoms. The first kappa shape index (κ1) is 29.1. The van der Waals surface area contributed by atoms with Gasteiger partial charge in [-0.25, -0.2) is 0 Å². The molecule has 3 heterocycles. The van der Waals surface area contributed by atoms with Gasteiger partial charge in [-0.2, -0.15) is 0 Å². The van der Waals surface area contributed by atoms with Crippen molar-refractivity contribution >= 4 is 22.5 Å². The van der Waals surface area contributed by atoms with Crippen molar-refractivity contribution in [1.29, 1.82) is 0 Å². The highest BCUT2D eigenvalue weighted by Gasteiger charge is 2.70. The highest BCUT2D eigenvalue weighted by Crippen LogP contribution is 2.69. The summed E-state index contributed by atoms with van der Waals surface area (Å²) < 4.78 is 12.8. The van der Waals surface area contributed by atoms with Gasteiger partial charge in [0.05, 0.1) is 34.4 Å². The molecule has 8 rings (SSSR count). The molecule has 3 unspecified atom stereocenters. The van der Waals surface area contributed by atoms with Crippen LogP contribution in [0.3, 0.4) is 0 Å². The molecule has 2 saturated carbocycles. The highest BCUT2D eigenvalue weighted by atomic mass is 16.5. The fourth-order valence-electron chi connectivity index (χ4n) is 11.4. The van der Waals surface area contributed by atoms with Gasteiger partial charge in [-0.05, 0) is 121 Å². The zero-order chi connectivity index (χ0) is 31.6. The average molecular weight is 602 g/mol. The van der Waals surface area contributed by atoms with Crippen molar-refractivity contribution in [3.05, 3.63) is 46.2 Å². The van der Waals surface area contributed by atoms with Crippen LogP contribution in [0.4, 0.5) is 0 Å². The largest absolute Gasteiger partial charge is 0.387 e. The van der Waals surface area contributed by atoms with E-state index in [1.807, 2.05) is 6.07 Å². The van der Waals surface area contributed by atoms with E-state index in [1.165, 1.54) is 16.6 Å². The van der Waals surface area contributed by atoms with Crippen molar-refractivity contribution < 1.29 is 29.3 Å². The Kier molecular flexibility index (Phi) is 5.51. The molecule has 6 aliphatic rings. The number of carbonyl (C=O) groups is 2. The molecule has 0 radical (unpaired) electrons. The van der Waals surface area contributed by atoms with Crippen molar-refractivity contribution in [2.75, 3.05) is 0 Å². The number of aromatic amines is 1. The van der Waals surface area contributed by atoms with Crippen LogP contribution in [0, 0.1) is 23.2 Å². The maximum Gasteiger partial charge on any atom is 0.187 e. The molecule has 2 aliphatic heterocycles. The van der Waals surface area contributed by atoms with Crippen LogP contribution in [0.1, 0.15) is 108 Å². The zero-order valence-electron chi connectivity index (χ0n) is 27.4. The van der Waals surface area contributed by atoms with Crippen LogP contribution in [0.15, 0.2) is 23.8 Å². The lowest BCUT2D eigenvalue weighted by molar-refractivity contribution is -0.195. The van der Waals surface area contributed by atoms with E-state index in [0.29, 0.717) is 24.3 Å². The summed E-state index contributed by atoms with van der Waals surface area (Å²) in [7, 11) is 0. The second kappa shape index (κ2) is 8.33. The first-order chi connectivity index (χ1) is 20.3. The predicted molar refractivity (Wildman–Crippen MR) is 167 cm³/mol. The number of carbonyl (C=O) groups excluding carboxylic acids is 2. The monoisotopic (exact) mass is 601 g/mol. The molecule has 7 nitrogen and oxygen atoms in total. The Morgan fingerprint density at radius 3 is 2.39 bits per heavy atom. The third-order valence-electron chi connectivity index (χ3n) is 13.6. The fourth-order valence-corrected chi connectivity index (χ4v) is 11.4. The van der Waals surface area contributed by atoms with Crippen molar-refractivity contribution in [3.8, 4) is 0 Å². The molecule has 8 atom stereocenters. The standard InChI is InChI=1S/C37H47NO6/c1-32(2,41)31-25(39)17-22-26(43-31)12-13-35(7)36(8)18(11-14-37(22,35)42)15-21-27-20-16-23-28(34(5,6)44-33(23,3)4)29(40)19(20)9-10-24(27)38-30(21)36/h9-10,17-18,23,26,28,31,38,41-42H,11-16H2,1-8H3/t18-,23+,26?,28?,31?,35+,36+,37+/m0/s1. The van der Waals surface area contributed by atoms with Gasteiger partial charge in [0.25, 0.3) is 0 Å². The maximum atomic E-state index is 14.1. The fraction of sp³-hybridized carbons (Fsp3) is 0.676. The second-order valence-corrected chi connectivity index (χ2v) is 17.0. The van der Waals surface area contributed by atoms with Crippen LogP contribution in [0.2, 0.25) is 0 Å². The highest BCUT2D eigenvalue weighted by molar-refractivity contribution is 6.06. The molecule has 1 aromatic heterocycles. The third-order valence-corrected chi connectivity index (χ3v) is 13.6. The Bertz CT molecular complexity index is 1690. The first-order valence-electron chi connectivity index (χ1n) is 16.6. The summed E-state index contributed by atoms with van der Waals surface area (Å²) in [5.41, 5.74) is 1.87. The molecule has 0 spiro atoms. The van der Waals surface area contributed by atoms with Gasteiger partial charge in [-0.15, -0.1) is 0 Å². The summed E-state index contributed by atoms with van der Waals surface area (Å²) in [5.74, 6) is 0.192. The van der Waals surface area contributed by atoms with Gasteiger partial charge in [0, 0.05) is 38.9 Å². The molecular formula is C37H47NO6. The van der Waals surface area contributed by atoms with E-state index in [-0.39, 0.29) is 28.8 Å². The number of nitrogens with one attached hydrogen (secondary N) is 1. The van der Waals surface area contributed by atoms with Crippen LogP contribution in [-0.2, 0) is 32.5 Å². The lowest BCUT2D eigenvalue weighted by Crippen LogP contribution is -2.68. The van der Waals surface area contributed by atoms with E-state index in [1.54, 1.807) is 19.9 Å². The molecule has 236 valence electrons. The molecule has 4 aliphatic carbocycles. The van der Waals surface area contributed by atoms with Crippen molar-refractivity contribution in [1.82, 2.24) is 4.98 Å². The lowest BCUT2D eigenvalue weighted by atomic mass is 9.42. The number of H-pyrrole nitrogens is 1. The van der Waals surface area contributed by atoms with Crippen molar-refractivity contribution in [2.24, 2.45) is 23.2 Å². The smallest absolute Gasteiger partial charge is 0.187 e. The topological polar surface area (TPSA) is 109 Å².